The van der Waals surface area contributed by atoms with Crippen LogP contribution >= 0.6 is 11.8 Å². The first-order chi connectivity index (χ1) is 8.57. The summed E-state index contributed by atoms with van der Waals surface area (Å²) in [7, 11) is 0. The SMILES string of the molecule is CC(C)Oc1ccnc(NCC2(C)CCCS2)n1. The fraction of sp³-hybridized carbons (Fsp3) is 0.692. The molecule has 0 aromatic carbocycles. The molecule has 0 amide bonds. The Morgan fingerprint density at radius 2 is 2.39 bits per heavy atom. The van der Waals surface area contributed by atoms with Crippen LogP contribution in [0.5, 0.6) is 5.88 Å². The average molecular weight is 267 g/mol. The molecule has 2 rings (SSSR count). The second-order valence-corrected chi connectivity index (χ2v) is 6.82. The molecule has 1 aromatic heterocycles. The van der Waals surface area contributed by atoms with Crippen molar-refractivity contribution >= 4 is 17.7 Å². The molecule has 0 saturated carbocycles. The number of aromatic nitrogens is 2. The molecule has 1 N–H and O–H groups in total. The zero-order valence-corrected chi connectivity index (χ0v) is 12.1. The molecule has 18 heavy (non-hydrogen) atoms. The fourth-order valence-electron chi connectivity index (χ4n) is 1.98. The van der Waals surface area contributed by atoms with Crippen LogP contribution in [0.4, 0.5) is 5.95 Å². The van der Waals surface area contributed by atoms with Crippen molar-refractivity contribution in [2.45, 2.75) is 44.5 Å². The summed E-state index contributed by atoms with van der Waals surface area (Å²) in [5.74, 6) is 2.55. The van der Waals surface area contributed by atoms with Crippen molar-refractivity contribution in [3.05, 3.63) is 12.3 Å². The highest BCUT2D eigenvalue weighted by Crippen LogP contribution is 2.37. The summed E-state index contributed by atoms with van der Waals surface area (Å²) in [5.41, 5.74) is 0. The summed E-state index contributed by atoms with van der Waals surface area (Å²) in [4.78, 5) is 8.58. The van der Waals surface area contributed by atoms with Gasteiger partial charge >= 0.3 is 0 Å². The highest BCUT2D eigenvalue weighted by atomic mass is 32.2. The van der Waals surface area contributed by atoms with Crippen molar-refractivity contribution in [3.8, 4) is 5.88 Å². The quantitative estimate of drug-likeness (QED) is 0.888. The minimum absolute atomic E-state index is 0.135. The second-order valence-electron chi connectivity index (χ2n) is 5.14. The Morgan fingerprint density at radius 1 is 1.56 bits per heavy atom. The molecule has 0 radical (unpaired) electrons. The van der Waals surface area contributed by atoms with Gasteiger partial charge in [-0.2, -0.15) is 16.7 Å². The lowest BCUT2D eigenvalue weighted by molar-refractivity contribution is 0.232. The number of hydrogen-bond acceptors (Lipinski definition) is 5. The van der Waals surface area contributed by atoms with E-state index < -0.39 is 0 Å². The largest absolute Gasteiger partial charge is 0.475 e. The highest BCUT2D eigenvalue weighted by molar-refractivity contribution is 8.00. The molecule has 0 spiro atoms. The molecule has 5 heteroatoms. The van der Waals surface area contributed by atoms with Crippen LogP contribution in [0.1, 0.15) is 33.6 Å². The maximum atomic E-state index is 5.56. The van der Waals surface area contributed by atoms with Crippen LogP contribution in [0.2, 0.25) is 0 Å². The lowest BCUT2D eigenvalue weighted by Gasteiger charge is -2.22. The molecule has 0 aliphatic carbocycles. The van der Waals surface area contributed by atoms with Crippen molar-refractivity contribution in [1.29, 1.82) is 0 Å². The summed E-state index contributed by atoms with van der Waals surface area (Å²) in [5, 5.41) is 3.32. The predicted octanol–water partition coefficient (Wildman–Crippen LogP) is 2.96. The van der Waals surface area contributed by atoms with E-state index in [0.29, 0.717) is 16.6 Å². The van der Waals surface area contributed by atoms with Gasteiger partial charge in [0.25, 0.3) is 0 Å². The normalized spacial score (nSPS) is 23.3. The van der Waals surface area contributed by atoms with Crippen LogP contribution in [0.3, 0.4) is 0 Å². The van der Waals surface area contributed by atoms with Crippen molar-refractivity contribution in [1.82, 2.24) is 9.97 Å². The Balaban J connectivity index is 1.92. The van der Waals surface area contributed by atoms with Gasteiger partial charge in [0.05, 0.1) is 6.10 Å². The van der Waals surface area contributed by atoms with E-state index in [2.05, 4.69) is 22.2 Å². The topological polar surface area (TPSA) is 47.0 Å². The molecule has 100 valence electrons. The van der Waals surface area contributed by atoms with Gasteiger partial charge in [0, 0.05) is 23.6 Å². The Labute approximate surface area is 113 Å². The van der Waals surface area contributed by atoms with Crippen molar-refractivity contribution in [2.24, 2.45) is 0 Å². The number of nitrogens with one attached hydrogen (secondary N) is 1. The fourth-order valence-corrected chi connectivity index (χ4v) is 3.22. The number of rotatable bonds is 5. The first kappa shape index (κ1) is 13.5. The van der Waals surface area contributed by atoms with Gasteiger partial charge in [0.1, 0.15) is 0 Å². The minimum atomic E-state index is 0.135. The average Bonchev–Trinajstić information content (AvgIpc) is 2.74. The summed E-state index contributed by atoms with van der Waals surface area (Å²) in [6.45, 7) is 7.19. The summed E-state index contributed by atoms with van der Waals surface area (Å²) in [6.07, 6.45) is 4.43. The number of thioether (sulfide) groups is 1. The molecule has 1 saturated heterocycles. The Morgan fingerprint density at radius 3 is 3.06 bits per heavy atom. The third kappa shape index (κ3) is 3.77. The third-order valence-corrected chi connectivity index (χ3v) is 4.45. The van der Waals surface area contributed by atoms with E-state index in [1.54, 1.807) is 12.3 Å². The van der Waals surface area contributed by atoms with E-state index in [1.165, 1.54) is 18.6 Å². The molecular formula is C13H21N3OS. The molecule has 1 atom stereocenters. The molecule has 1 fully saturated rings. The van der Waals surface area contributed by atoms with Crippen LogP contribution in [-0.4, -0.2) is 33.1 Å². The molecule has 1 aliphatic heterocycles. The summed E-state index contributed by atoms with van der Waals surface area (Å²) >= 11 is 2.03. The highest BCUT2D eigenvalue weighted by Gasteiger charge is 2.29. The van der Waals surface area contributed by atoms with E-state index >= 15 is 0 Å². The van der Waals surface area contributed by atoms with Gasteiger partial charge in [0.2, 0.25) is 11.8 Å². The lowest BCUT2D eigenvalue weighted by Crippen LogP contribution is -2.27. The standard InChI is InChI=1S/C13H21N3OS/c1-10(2)17-11-5-7-14-12(16-11)15-9-13(3)6-4-8-18-13/h5,7,10H,4,6,8-9H2,1-3H3,(H,14,15,16). The van der Waals surface area contributed by atoms with Crippen molar-refractivity contribution < 1.29 is 4.74 Å². The molecule has 4 nitrogen and oxygen atoms in total. The van der Waals surface area contributed by atoms with E-state index in [-0.39, 0.29) is 6.10 Å². The predicted molar refractivity (Wildman–Crippen MR) is 76.4 cm³/mol. The maximum Gasteiger partial charge on any atom is 0.225 e. The van der Waals surface area contributed by atoms with Gasteiger partial charge in [-0.25, -0.2) is 4.98 Å². The molecule has 2 heterocycles. The number of hydrogen-bond donors (Lipinski definition) is 1. The molecule has 1 unspecified atom stereocenters. The Hall–Kier alpha value is -0.970. The van der Waals surface area contributed by atoms with Crippen LogP contribution in [0, 0.1) is 0 Å². The summed E-state index contributed by atoms with van der Waals surface area (Å²) < 4.78 is 5.87. The monoisotopic (exact) mass is 267 g/mol. The first-order valence-electron chi connectivity index (χ1n) is 6.45. The Kier molecular flexibility index (Phi) is 4.32. The van der Waals surface area contributed by atoms with Crippen LogP contribution in [0.15, 0.2) is 12.3 Å². The van der Waals surface area contributed by atoms with Gasteiger partial charge in [-0.15, -0.1) is 0 Å². The second kappa shape index (κ2) is 5.78. The van der Waals surface area contributed by atoms with Gasteiger partial charge in [-0.05, 0) is 39.4 Å². The molecule has 1 aromatic rings. The van der Waals surface area contributed by atoms with E-state index in [9.17, 15) is 0 Å². The van der Waals surface area contributed by atoms with Crippen molar-refractivity contribution in [2.75, 3.05) is 17.6 Å². The van der Waals surface area contributed by atoms with Gasteiger partial charge < -0.3 is 10.1 Å². The van der Waals surface area contributed by atoms with Crippen LogP contribution < -0.4 is 10.1 Å². The minimum Gasteiger partial charge on any atom is -0.475 e. The van der Waals surface area contributed by atoms with E-state index in [0.717, 1.165) is 6.54 Å². The van der Waals surface area contributed by atoms with E-state index in [4.69, 9.17) is 4.74 Å². The van der Waals surface area contributed by atoms with Gasteiger partial charge in [0.15, 0.2) is 0 Å². The molecular weight excluding hydrogens is 246 g/mol. The smallest absolute Gasteiger partial charge is 0.225 e. The maximum absolute atomic E-state index is 5.56. The molecule has 0 bridgehead atoms. The number of nitrogens with zero attached hydrogens (tertiary/aromatic N) is 2. The van der Waals surface area contributed by atoms with Gasteiger partial charge in [-0.1, -0.05) is 0 Å². The molecule has 1 aliphatic rings. The van der Waals surface area contributed by atoms with Gasteiger partial charge in [-0.3, -0.25) is 0 Å². The number of anilines is 1. The van der Waals surface area contributed by atoms with Crippen LogP contribution in [-0.2, 0) is 0 Å². The lowest BCUT2D eigenvalue weighted by atomic mass is 10.1. The zero-order chi connectivity index (χ0) is 13.0. The van der Waals surface area contributed by atoms with Crippen LogP contribution in [0.25, 0.3) is 0 Å². The van der Waals surface area contributed by atoms with E-state index in [1.807, 2.05) is 25.6 Å². The number of ether oxygens (including phenoxy) is 1. The summed E-state index contributed by atoms with van der Waals surface area (Å²) in [6, 6.07) is 1.79. The zero-order valence-electron chi connectivity index (χ0n) is 11.3. The first-order valence-corrected chi connectivity index (χ1v) is 7.43. The van der Waals surface area contributed by atoms with Crippen molar-refractivity contribution in [3.63, 3.8) is 0 Å². The Bertz CT molecular complexity index is 392. The third-order valence-electron chi connectivity index (χ3n) is 2.91.